The SMILES string of the molecule is Cn1c(C(=O)CCN)cc2ncc(Br)cc21. The Morgan fingerprint density at radius 3 is 3.00 bits per heavy atom. The van der Waals surface area contributed by atoms with Crippen LogP contribution in [0.3, 0.4) is 0 Å². The zero-order valence-corrected chi connectivity index (χ0v) is 10.5. The Morgan fingerprint density at radius 2 is 2.31 bits per heavy atom. The topological polar surface area (TPSA) is 60.9 Å². The van der Waals surface area contributed by atoms with Crippen LogP contribution in [0.5, 0.6) is 0 Å². The summed E-state index contributed by atoms with van der Waals surface area (Å²) in [6.07, 6.45) is 2.09. The molecule has 0 aliphatic heterocycles. The number of nitrogens with two attached hydrogens (primary N) is 1. The lowest BCUT2D eigenvalue weighted by Crippen LogP contribution is -2.11. The highest BCUT2D eigenvalue weighted by Gasteiger charge is 2.13. The number of rotatable bonds is 3. The van der Waals surface area contributed by atoms with Crippen molar-refractivity contribution in [1.82, 2.24) is 9.55 Å². The number of hydrogen-bond donors (Lipinski definition) is 1. The highest BCUT2D eigenvalue weighted by Crippen LogP contribution is 2.21. The minimum absolute atomic E-state index is 0.0547. The molecule has 16 heavy (non-hydrogen) atoms. The highest BCUT2D eigenvalue weighted by molar-refractivity contribution is 9.10. The Hall–Kier alpha value is -1.20. The fourth-order valence-corrected chi connectivity index (χ4v) is 2.02. The van der Waals surface area contributed by atoms with E-state index in [2.05, 4.69) is 20.9 Å². The molecule has 0 aliphatic carbocycles. The molecule has 0 bridgehead atoms. The van der Waals surface area contributed by atoms with Gasteiger partial charge in [-0.15, -0.1) is 0 Å². The number of ketones is 1. The van der Waals surface area contributed by atoms with Crippen molar-refractivity contribution >= 4 is 32.7 Å². The zero-order valence-electron chi connectivity index (χ0n) is 8.90. The van der Waals surface area contributed by atoms with E-state index in [1.54, 1.807) is 12.3 Å². The molecule has 0 spiro atoms. The van der Waals surface area contributed by atoms with E-state index in [0.717, 1.165) is 15.5 Å². The number of carbonyl (C=O) groups is 1. The van der Waals surface area contributed by atoms with Crippen molar-refractivity contribution in [2.45, 2.75) is 6.42 Å². The van der Waals surface area contributed by atoms with Crippen LogP contribution in [0.4, 0.5) is 0 Å². The van der Waals surface area contributed by atoms with Crippen LogP contribution in [0, 0.1) is 0 Å². The van der Waals surface area contributed by atoms with Gasteiger partial charge in [-0.2, -0.15) is 0 Å². The lowest BCUT2D eigenvalue weighted by atomic mass is 10.2. The normalized spacial score (nSPS) is 10.9. The number of fused-ring (bicyclic) bond motifs is 1. The van der Waals surface area contributed by atoms with Gasteiger partial charge in [0.25, 0.3) is 0 Å². The molecule has 84 valence electrons. The predicted octanol–water partition coefficient (Wildman–Crippen LogP) is 1.87. The smallest absolute Gasteiger partial charge is 0.180 e. The van der Waals surface area contributed by atoms with Crippen LogP contribution < -0.4 is 5.73 Å². The van der Waals surface area contributed by atoms with Gasteiger partial charge in [-0.05, 0) is 34.6 Å². The minimum Gasteiger partial charge on any atom is -0.340 e. The second kappa shape index (κ2) is 4.35. The van der Waals surface area contributed by atoms with Crippen molar-refractivity contribution in [2.75, 3.05) is 6.54 Å². The van der Waals surface area contributed by atoms with Gasteiger partial charge in [0.1, 0.15) is 0 Å². The predicted molar refractivity (Wildman–Crippen MR) is 66.4 cm³/mol. The van der Waals surface area contributed by atoms with Gasteiger partial charge in [0.15, 0.2) is 5.78 Å². The minimum atomic E-state index is 0.0547. The zero-order chi connectivity index (χ0) is 11.7. The first-order valence-corrected chi connectivity index (χ1v) is 5.77. The second-order valence-corrected chi connectivity index (χ2v) is 4.52. The summed E-state index contributed by atoms with van der Waals surface area (Å²) in [5.41, 5.74) is 7.81. The van der Waals surface area contributed by atoms with Gasteiger partial charge >= 0.3 is 0 Å². The summed E-state index contributed by atoms with van der Waals surface area (Å²) < 4.78 is 2.75. The third-order valence-corrected chi connectivity index (χ3v) is 2.95. The molecular formula is C11H12BrN3O. The molecule has 4 nitrogen and oxygen atoms in total. The number of pyridine rings is 1. The largest absolute Gasteiger partial charge is 0.340 e. The van der Waals surface area contributed by atoms with Crippen molar-refractivity contribution in [2.24, 2.45) is 12.8 Å². The molecule has 0 saturated heterocycles. The fraction of sp³-hybridized carbons (Fsp3) is 0.273. The van der Waals surface area contributed by atoms with Crippen LogP contribution in [0.15, 0.2) is 22.8 Å². The molecule has 0 fully saturated rings. The van der Waals surface area contributed by atoms with E-state index >= 15 is 0 Å². The summed E-state index contributed by atoms with van der Waals surface area (Å²) in [6.45, 7) is 0.373. The summed E-state index contributed by atoms with van der Waals surface area (Å²) in [5.74, 6) is 0.0547. The first-order valence-electron chi connectivity index (χ1n) is 4.97. The molecule has 0 aromatic carbocycles. The average molecular weight is 282 g/mol. The summed E-state index contributed by atoms with van der Waals surface area (Å²) in [5, 5.41) is 0. The van der Waals surface area contributed by atoms with E-state index in [-0.39, 0.29) is 5.78 Å². The Morgan fingerprint density at radius 1 is 1.56 bits per heavy atom. The first kappa shape index (κ1) is 11.3. The summed E-state index contributed by atoms with van der Waals surface area (Å²) in [7, 11) is 1.86. The van der Waals surface area contributed by atoms with Crippen LogP contribution >= 0.6 is 15.9 Å². The second-order valence-electron chi connectivity index (χ2n) is 3.61. The number of aryl methyl sites for hydroxylation is 1. The van der Waals surface area contributed by atoms with E-state index < -0.39 is 0 Å². The van der Waals surface area contributed by atoms with E-state index in [0.29, 0.717) is 18.7 Å². The third-order valence-electron chi connectivity index (χ3n) is 2.52. The maximum absolute atomic E-state index is 11.8. The van der Waals surface area contributed by atoms with E-state index in [4.69, 9.17) is 5.73 Å². The molecule has 5 heteroatoms. The molecule has 0 radical (unpaired) electrons. The monoisotopic (exact) mass is 281 g/mol. The van der Waals surface area contributed by atoms with Gasteiger partial charge < -0.3 is 10.3 Å². The quantitative estimate of drug-likeness (QED) is 0.874. The number of aromatic nitrogens is 2. The summed E-state index contributed by atoms with van der Waals surface area (Å²) in [6, 6.07) is 3.75. The Balaban J connectivity index is 2.56. The molecule has 2 N–H and O–H groups in total. The molecule has 0 atom stereocenters. The van der Waals surface area contributed by atoms with E-state index in [1.165, 1.54) is 0 Å². The molecule has 0 amide bonds. The highest BCUT2D eigenvalue weighted by atomic mass is 79.9. The molecule has 2 heterocycles. The van der Waals surface area contributed by atoms with Crippen LogP contribution in [0.1, 0.15) is 16.9 Å². The number of carbonyl (C=O) groups excluding carboxylic acids is 1. The Bertz CT molecular complexity index is 547. The molecule has 2 aromatic heterocycles. The number of nitrogens with zero attached hydrogens (tertiary/aromatic N) is 2. The summed E-state index contributed by atoms with van der Waals surface area (Å²) >= 11 is 3.36. The van der Waals surface area contributed by atoms with Crippen molar-refractivity contribution < 1.29 is 4.79 Å². The molecular weight excluding hydrogens is 270 g/mol. The van der Waals surface area contributed by atoms with Gasteiger partial charge in [0, 0.05) is 24.1 Å². The lowest BCUT2D eigenvalue weighted by Gasteiger charge is -2.01. The fourth-order valence-electron chi connectivity index (χ4n) is 1.70. The standard InChI is InChI=1S/C11H12BrN3O/c1-15-9-4-7(12)6-14-8(9)5-10(15)11(16)2-3-13/h4-6H,2-3,13H2,1H3. The lowest BCUT2D eigenvalue weighted by molar-refractivity contribution is 0.0978. The van der Waals surface area contributed by atoms with Crippen molar-refractivity contribution in [1.29, 1.82) is 0 Å². The molecule has 0 saturated carbocycles. The van der Waals surface area contributed by atoms with Gasteiger partial charge in [0.05, 0.1) is 16.7 Å². The molecule has 2 aromatic rings. The van der Waals surface area contributed by atoms with Gasteiger partial charge in [0.2, 0.25) is 0 Å². The van der Waals surface area contributed by atoms with Crippen LogP contribution in [-0.4, -0.2) is 21.9 Å². The van der Waals surface area contributed by atoms with Gasteiger partial charge in [-0.1, -0.05) is 0 Å². The van der Waals surface area contributed by atoms with Crippen molar-refractivity contribution in [3.8, 4) is 0 Å². The van der Waals surface area contributed by atoms with Crippen molar-refractivity contribution in [3.05, 3.63) is 28.5 Å². The van der Waals surface area contributed by atoms with Crippen LogP contribution in [0.25, 0.3) is 11.0 Å². The number of hydrogen-bond acceptors (Lipinski definition) is 3. The Kier molecular flexibility index (Phi) is 3.07. The van der Waals surface area contributed by atoms with Gasteiger partial charge in [-0.25, -0.2) is 0 Å². The number of Topliss-reactive ketones (excluding diaryl/α,β-unsaturated/α-hetero) is 1. The van der Waals surface area contributed by atoms with E-state index in [1.807, 2.05) is 17.7 Å². The Labute approximate surface area is 102 Å². The van der Waals surface area contributed by atoms with Crippen molar-refractivity contribution in [3.63, 3.8) is 0 Å². The maximum Gasteiger partial charge on any atom is 0.180 e. The third kappa shape index (κ3) is 1.88. The van der Waals surface area contributed by atoms with E-state index in [9.17, 15) is 4.79 Å². The molecule has 2 rings (SSSR count). The number of halogens is 1. The first-order chi connectivity index (χ1) is 7.63. The summed E-state index contributed by atoms with van der Waals surface area (Å²) in [4.78, 5) is 16.0. The van der Waals surface area contributed by atoms with Gasteiger partial charge in [-0.3, -0.25) is 9.78 Å². The van der Waals surface area contributed by atoms with Crippen LogP contribution in [-0.2, 0) is 7.05 Å². The molecule has 0 unspecified atom stereocenters. The van der Waals surface area contributed by atoms with Crippen LogP contribution in [0.2, 0.25) is 0 Å². The average Bonchev–Trinajstić information content (AvgIpc) is 2.57. The maximum atomic E-state index is 11.8. The molecule has 0 aliphatic rings.